The molecule has 1 N–H and O–H groups in total. The largest absolute Gasteiger partial charge is 0.493 e. The highest BCUT2D eigenvalue weighted by atomic mass is 16.5. The zero-order chi connectivity index (χ0) is 16.7. The first-order chi connectivity index (χ1) is 11.1. The molecule has 0 aromatic heterocycles. The summed E-state index contributed by atoms with van der Waals surface area (Å²) in [5.41, 5.74) is 1.06. The minimum atomic E-state index is -0.502. The molecule has 1 aromatic rings. The third-order valence-corrected chi connectivity index (χ3v) is 4.04. The molecule has 128 valence electrons. The summed E-state index contributed by atoms with van der Waals surface area (Å²) in [7, 11) is 3.75. The van der Waals surface area contributed by atoms with Crippen LogP contribution in [0.1, 0.15) is 12.5 Å². The first-order valence-electron chi connectivity index (χ1n) is 8.15. The number of piperazine rings is 1. The van der Waals surface area contributed by atoms with Crippen molar-refractivity contribution in [2.45, 2.75) is 13.0 Å². The number of nitrogens with zero attached hydrogens (tertiary/aromatic N) is 2. The van der Waals surface area contributed by atoms with E-state index in [1.54, 1.807) is 7.11 Å². The van der Waals surface area contributed by atoms with Gasteiger partial charge in [-0.1, -0.05) is 18.2 Å². The Hall–Kier alpha value is -1.56. The monoisotopic (exact) mass is 320 g/mol. The van der Waals surface area contributed by atoms with Gasteiger partial charge in [-0.05, 0) is 31.7 Å². The number of hydrogen-bond acceptors (Lipinski definition) is 5. The Kier molecular flexibility index (Phi) is 6.89. The predicted molar refractivity (Wildman–Crippen MR) is 93.1 cm³/mol. The minimum absolute atomic E-state index is 0.270. The molecular weight excluding hydrogens is 292 g/mol. The molecule has 0 spiro atoms. The molecule has 5 heteroatoms. The number of allylic oxidation sites excluding steroid dienone is 1. The Morgan fingerprint density at radius 1 is 1.22 bits per heavy atom. The third-order valence-electron chi connectivity index (χ3n) is 4.04. The third kappa shape index (κ3) is 5.53. The highest BCUT2D eigenvalue weighted by molar-refractivity contribution is 5.55. The number of hydrogen-bond donors (Lipinski definition) is 1. The highest BCUT2D eigenvalue weighted by Gasteiger charge is 2.17. The Morgan fingerprint density at radius 3 is 2.61 bits per heavy atom. The maximum absolute atomic E-state index is 10.2. The molecule has 2 rings (SSSR count). The van der Waals surface area contributed by atoms with Crippen molar-refractivity contribution < 1.29 is 14.6 Å². The van der Waals surface area contributed by atoms with E-state index in [0.717, 1.165) is 31.7 Å². The SMILES string of the molecule is C/C=C/c1ccc(OCC(O)CN2CCN(C)CC2)c(OC)c1. The van der Waals surface area contributed by atoms with Crippen LogP contribution in [0.25, 0.3) is 6.08 Å². The zero-order valence-corrected chi connectivity index (χ0v) is 14.4. The van der Waals surface area contributed by atoms with E-state index >= 15 is 0 Å². The van der Waals surface area contributed by atoms with E-state index in [4.69, 9.17) is 9.47 Å². The second-order valence-electron chi connectivity index (χ2n) is 5.98. The van der Waals surface area contributed by atoms with Crippen LogP contribution in [0, 0.1) is 0 Å². The van der Waals surface area contributed by atoms with E-state index in [0.29, 0.717) is 18.0 Å². The van der Waals surface area contributed by atoms with E-state index in [9.17, 15) is 5.11 Å². The Labute approximate surface area is 139 Å². The second-order valence-corrected chi connectivity index (χ2v) is 5.98. The standard InChI is InChI=1S/C18H28N2O3/c1-4-5-15-6-7-17(18(12-15)22-3)23-14-16(21)13-20-10-8-19(2)9-11-20/h4-7,12,16,21H,8-11,13-14H2,1-3H3/b5-4+. The van der Waals surface area contributed by atoms with Crippen molar-refractivity contribution in [2.24, 2.45) is 0 Å². The van der Waals surface area contributed by atoms with Crippen LogP contribution in [0.3, 0.4) is 0 Å². The summed E-state index contributed by atoms with van der Waals surface area (Å²) in [6, 6.07) is 5.80. The normalized spacial score (nSPS) is 18.3. The number of benzene rings is 1. The molecule has 1 aliphatic heterocycles. The van der Waals surface area contributed by atoms with Crippen molar-refractivity contribution in [3.63, 3.8) is 0 Å². The van der Waals surface area contributed by atoms with Crippen LogP contribution < -0.4 is 9.47 Å². The van der Waals surface area contributed by atoms with Crippen molar-refractivity contribution in [3.05, 3.63) is 29.8 Å². The summed E-state index contributed by atoms with van der Waals surface area (Å²) >= 11 is 0. The second kappa shape index (κ2) is 8.91. The van der Waals surface area contributed by atoms with Crippen molar-refractivity contribution in [1.82, 2.24) is 9.80 Å². The topological polar surface area (TPSA) is 45.2 Å². The van der Waals surface area contributed by atoms with Gasteiger partial charge in [-0.3, -0.25) is 4.90 Å². The van der Waals surface area contributed by atoms with E-state index in [1.165, 1.54) is 0 Å². The van der Waals surface area contributed by atoms with E-state index < -0.39 is 6.10 Å². The fourth-order valence-electron chi connectivity index (χ4n) is 2.67. The van der Waals surface area contributed by atoms with E-state index in [1.807, 2.05) is 37.3 Å². The predicted octanol–water partition coefficient (Wildman–Crippen LogP) is 1.72. The lowest BCUT2D eigenvalue weighted by atomic mass is 10.2. The highest BCUT2D eigenvalue weighted by Crippen LogP contribution is 2.28. The number of ether oxygens (including phenoxy) is 2. The molecule has 1 heterocycles. The quantitative estimate of drug-likeness (QED) is 0.829. The van der Waals surface area contributed by atoms with Gasteiger partial charge in [0.05, 0.1) is 7.11 Å². The van der Waals surface area contributed by atoms with Gasteiger partial charge in [-0.25, -0.2) is 0 Å². The number of β-amino-alcohol motifs (C(OH)–C–C–N with tert-alkyl or cyclic N) is 1. The van der Waals surface area contributed by atoms with Crippen LogP contribution in [0.2, 0.25) is 0 Å². The van der Waals surface area contributed by atoms with Gasteiger partial charge in [0.25, 0.3) is 0 Å². The minimum Gasteiger partial charge on any atom is -0.493 e. The van der Waals surface area contributed by atoms with Crippen LogP contribution in [-0.2, 0) is 0 Å². The van der Waals surface area contributed by atoms with Gasteiger partial charge in [0.15, 0.2) is 11.5 Å². The fraction of sp³-hybridized carbons (Fsp3) is 0.556. The van der Waals surface area contributed by atoms with Crippen molar-refractivity contribution in [2.75, 3.05) is 53.5 Å². The average molecular weight is 320 g/mol. The number of aliphatic hydroxyl groups is 1. The van der Waals surface area contributed by atoms with Crippen molar-refractivity contribution in [1.29, 1.82) is 0 Å². The number of rotatable bonds is 7. The van der Waals surface area contributed by atoms with Gasteiger partial charge in [0.2, 0.25) is 0 Å². The van der Waals surface area contributed by atoms with Gasteiger partial charge in [-0.2, -0.15) is 0 Å². The summed E-state index contributed by atoms with van der Waals surface area (Å²) in [5, 5.41) is 10.2. The van der Waals surface area contributed by atoms with Crippen molar-refractivity contribution >= 4 is 6.08 Å². The summed E-state index contributed by atoms with van der Waals surface area (Å²) in [5.74, 6) is 1.35. The van der Waals surface area contributed by atoms with Gasteiger partial charge in [-0.15, -0.1) is 0 Å². The molecule has 0 amide bonds. The lowest BCUT2D eigenvalue weighted by Crippen LogP contribution is -2.47. The van der Waals surface area contributed by atoms with Crippen LogP contribution in [0.15, 0.2) is 24.3 Å². The summed E-state index contributed by atoms with van der Waals surface area (Å²) in [6.07, 6.45) is 3.49. The van der Waals surface area contributed by atoms with Crippen LogP contribution in [0.5, 0.6) is 11.5 Å². The lowest BCUT2D eigenvalue weighted by molar-refractivity contribution is 0.0498. The molecule has 1 fully saturated rings. The lowest BCUT2D eigenvalue weighted by Gasteiger charge is -2.33. The van der Waals surface area contributed by atoms with Gasteiger partial charge >= 0.3 is 0 Å². The van der Waals surface area contributed by atoms with Crippen LogP contribution >= 0.6 is 0 Å². The molecule has 1 aliphatic rings. The Morgan fingerprint density at radius 2 is 1.96 bits per heavy atom. The van der Waals surface area contributed by atoms with E-state index in [2.05, 4.69) is 16.8 Å². The molecule has 5 nitrogen and oxygen atoms in total. The maximum atomic E-state index is 10.2. The van der Waals surface area contributed by atoms with E-state index in [-0.39, 0.29) is 6.61 Å². The first kappa shape index (κ1) is 17.8. The molecule has 0 aliphatic carbocycles. The molecule has 0 radical (unpaired) electrons. The van der Waals surface area contributed by atoms with Crippen molar-refractivity contribution in [3.8, 4) is 11.5 Å². The van der Waals surface area contributed by atoms with Gasteiger partial charge < -0.3 is 19.5 Å². The Bertz CT molecular complexity index is 511. The zero-order valence-electron chi connectivity index (χ0n) is 14.4. The molecule has 1 unspecified atom stereocenters. The summed E-state index contributed by atoms with van der Waals surface area (Å²) < 4.78 is 11.1. The molecule has 1 saturated heterocycles. The fourth-order valence-corrected chi connectivity index (χ4v) is 2.67. The average Bonchev–Trinajstić information content (AvgIpc) is 2.56. The molecule has 23 heavy (non-hydrogen) atoms. The number of methoxy groups -OCH3 is 1. The van der Waals surface area contributed by atoms with Crippen LogP contribution in [-0.4, -0.2) is 74.5 Å². The summed E-state index contributed by atoms with van der Waals surface area (Å²) in [6.45, 7) is 6.98. The Balaban J connectivity index is 1.84. The molecule has 0 saturated carbocycles. The van der Waals surface area contributed by atoms with Crippen LogP contribution in [0.4, 0.5) is 0 Å². The number of aliphatic hydroxyl groups excluding tert-OH is 1. The first-order valence-corrected chi connectivity index (χ1v) is 8.15. The summed E-state index contributed by atoms with van der Waals surface area (Å²) in [4.78, 5) is 4.58. The molecule has 0 bridgehead atoms. The van der Waals surface area contributed by atoms with Gasteiger partial charge in [0, 0.05) is 32.7 Å². The molecular formula is C18H28N2O3. The molecule has 1 aromatic carbocycles. The number of likely N-dealkylation sites (N-methyl/N-ethyl adjacent to an activating group) is 1. The maximum Gasteiger partial charge on any atom is 0.161 e. The smallest absolute Gasteiger partial charge is 0.161 e. The molecule has 1 atom stereocenters. The van der Waals surface area contributed by atoms with Gasteiger partial charge in [0.1, 0.15) is 12.7 Å².